The zero-order valence-electron chi connectivity index (χ0n) is 14.0. The van der Waals surface area contributed by atoms with E-state index in [0.717, 1.165) is 5.69 Å². The van der Waals surface area contributed by atoms with E-state index in [0.29, 0.717) is 15.2 Å². The van der Waals surface area contributed by atoms with Gasteiger partial charge in [-0.25, -0.2) is 4.98 Å². The zero-order valence-corrected chi connectivity index (χ0v) is 15.6. The Morgan fingerprint density at radius 3 is 2.64 bits per heavy atom. The lowest BCUT2D eigenvalue weighted by atomic mass is 9.87. The molecule has 0 aliphatic heterocycles. The summed E-state index contributed by atoms with van der Waals surface area (Å²) in [7, 11) is 0. The maximum absolute atomic E-state index is 10.8. The third kappa shape index (κ3) is 4.23. The summed E-state index contributed by atoms with van der Waals surface area (Å²) >= 11 is 2.69. The number of thiazole rings is 1. The van der Waals surface area contributed by atoms with Gasteiger partial charge in [-0.05, 0) is 45.3 Å². The molecule has 0 saturated carbocycles. The van der Waals surface area contributed by atoms with Crippen LogP contribution in [-0.2, 0) is 16.6 Å². The zero-order chi connectivity index (χ0) is 18.0. The second kappa shape index (κ2) is 6.93. The molecule has 3 aromatic rings. The van der Waals surface area contributed by atoms with E-state index in [1.54, 1.807) is 10.1 Å². The van der Waals surface area contributed by atoms with Crippen molar-refractivity contribution < 1.29 is 9.90 Å². The van der Waals surface area contributed by atoms with Crippen molar-refractivity contribution in [3.05, 3.63) is 40.9 Å². The minimum absolute atomic E-state index is 0.0815. The highest BCUT2D eigenvalue weighted by atomic mass is 32.2. The standard InChI is InChI=1S/C16H17N5O2S2/c1-16(2,3)10-4-6-12(7-5-10)21-14(18-19-20-21)25-15-17-11(9-24-15)8-13(22)23/h4-7,9H,8H2,1-3H3,(H,22,23). The molecular weight excluding hydrogens is 358 g/mol. The van der Waals surface area contributed by atoms with E-state index < -0.39 is 5.97 Å². The van der Waals surface area contributed by atoms with Crippen LogP contribution in [0.4, 0.5) is 0 Å². The molecule has 9 heteroatoms. The van der Waals surface area contributed by atoms with Crippen molar-refractivity contribution in [3.63, 3.8) is 0 Å². The normalized spacial score (nSPS) is 11.6. The first kappa shape index (κ1) is 17.6. The van der Waals surface area contributed by atoms with Gasteiger partial charge in [-0.1, -0.05) is 32.9 Å². The molecule has 0 fully saturated rings. The third-order valence-electron chi connectivity index (χ3n) is 3.46. The summed E-state index contributed by atoms with van der Waals surface area (Å²) in [6.45, 7) is 6.49. The summed E-state index contributed by atoms with van der Waals surface area (Å²) in [5, 5.41) is 23.0. The molecule has 0 bridgehead atoms. The SMILES string of the molecule is CC(C)(C)c1ccc(-n2nnnc2Sc2nc(CC(=O)O)cs2)cc1. The van der Waals surface area contributed by atoms with Crippen LogP contribution in [0, 0.1) is 0 Å². The second-order valence-corrected chi connectivity index (χ2v) is 8.52. The van der Waals surface area contributed by atoms with E-state index in [1.807, 2.05) is 12.1 Å². The largest absolute Gasteiger partial charge is 0.481 e. The number of aromatic nitrogens is 5. The van der Waals surface area contributed by atoms with Gasteiger partial charge in [0.25, 0.3) is 0 Å². The van der Waals surface area contributed by atoms with Gasteiger partial charge in [-0.2, -0.15) is 4.68 Å². The van der Waals surface area contributed by atoms with Gasteiger partial charge in [0.05, 0.1) is 17.8 Å². The van der Waals surface area contributed by atoms with Gasteiger partial charge in [0.15, 0.2) is 4.34 Å². The number of hydrogen-bond donors (Lipinski definition) is 1. The Morgan fingerprint density at radius 2 is 2.00 bits per heavy atom. The first-order chi connectivity index (χ1) is 11.8. The van der Waals surface area contributed by atoms with Crippen LogP contribution in [0.1, 0.15) is 32.0 Å². The van der Waals surface area contributed by atoms with Gasteiger partial charge in [0.1, 0.15) is 0 Å². The number of carbonyl (C=O) groups is 1. The number of rotatable bonds is 5. The Hall–Kier alpha value is -2.26. The summed E-state index contributed by atoms with van der Waals surface area (Å²) in [4.78, 5) is 15.1. The fourth-order valence-electron chi connectivity index (χ4n) is 2.16. The molecule has 1 N–H and O–H groups in total. The Kier molecular flexibility index (Phi) is 4.87. The molecule has 1 aromatic carbocycles. The van der Waals surface area contributed by atoms with E-state index in [9.17, 15) is 4.79 Å². The molecule has 0 saturated heterocycles. The predicted octanol–water partition coefficient (Wildman–Crippen LogP) is 3.19. The Bertz CT molecular complexity index is 881. The minimum atomic E-state index is -0.898. The molecule has 0 amide bonds. The molecule has 7 nitrogen and oxygen atoms in total. The van der Waals surface area contributed by atoms with Crippen molar-refractivity contribution in [2.45, 2.75) is 42.1 Å². The number of tetrazole rings is 1. The van der Waals surface area contributed by atoms with Crippen LogP contribution in [0.15, 0.2) is 39.1 Å². The average Bonchev–Trinajstić information content (AvgIpc) is 3.16. The Morgan fingerprint density at radius 1 is 1.28 bits per heavy atom. The van der Waals surface area contributed by atoms with E-state index in [1.165, 1.54) is 28.7 Å². The lowest BCUT2D eigenvalue weighted by Gasteiger charge is -2.19. The maximum Gasteiger partial charge on any atom is 0.309 e. The molecule has 0 atom stereocenters. The van der Waals surface area contributed by atoms with Crippen LogP contribution in [0.3, 0.4) is 0 Å². The quantitative estimate of drug-likeness (QED) is 0.732. The number of aliphatic carboxylic acids is 1. The lowest BCUT2D eigenvalue weighted by Crippen LogP contribution is -2.11. The minimum Gasteiger partial charge on any atom is -0.481 e. The van der Waals surface area contributed by atoms with Crippen LogP contribution < -0.4 is 0 Å². The van der Waals surface area contributed by atoms with Crippen molar-refractivity contribution in [2.75, 3.05) is 0 Å². The van der Waals surface area contributed by atoms with Crippen LogP contribution in [0.25, 0.3) is 5.69 Å². The summed E-state index contributed by atoms with van der Waals surface area (Å²) in [5.74, 6) is -0.898. The maximum atomic E-state index is 10.8. The highest BCUT2D eigenvalue weighted by Crippen LogP contribution is 2.30. The van der Waals surface area contributed by atoms with E-state index in [4.69, 9.17) is 5.11 Å². The molecule has 0 unspecified atom stereocenters. The fourth-order valence-corrected chi connectivity index (χ4v) is 3.88. The first-order valence-corrected chi connectivity index (χ1v) is 9.26. The first-order valence-electron chi connectivity index (χ1n) is 7.56. The fraction of sp³-hybridized carbons (Fsp3) is 0.312. The molecule has 25 heavy (non-hydrogen) atoms. The average molecular weight is 375 g/mol. The highest BCUT2D eigenvalue weighted by Gasteiger charge is 2.16. The molecule has 0 aliphatic carbocycles. The van der Waals surface area contributed by atoms with Crippen LogP contribution in [-0.4, -0.2) is 36.3 Å². The van der Waals surface area contributed by atoms with Gasteiger partial charge in [0.2, 0.25) is 5.16 Å². The van der Waals surface area contributed by atoms with Crippen molar-refractivity contribution in [2.24, 2.45) is 0 Å². The van der Waals surface area contributed by atoms with Crippen molar-refractivity contribution in [3.8, 4) is 5.69 Å². The predicted molar refractivity (Wildman–Crippen MR) is 95.4 cm³/mol. The Labute approximate surface area is 153 Å². The summed E-state index contributed by atoms with van der Waals surface area (Å²) in [6, 6.07) is 8.11. The molecular formula is C16H17N5O2S2. The number of carboxylic acid groups (broad SMARTS) is 1. The molecule has 130 valence electrons. The Balaban J connectivity index is 1.81. The molecule has 0 radical (unpaired) electrons. The number of carboxylic acids is 1. The van der Waals surface area contributed by atoms with E-state index in [-0.39, 0.29) is 11.8 Å². The monoisotopic (exact) mass is 375 g/mol. The summed E-state index contributed by atoms with van der Waals surface area (Å²) in [6.07, 6.45) is -0.0870. The van der Waals surface area contributed by atoms with E-state index in [2.05, 4.69) is 53.4 Å². The highest BCUT2D eigenvalue weighted by molar-refractivity contribution is 8.00. The van der Waals surface area contributed by atoms with Gasteiger partial charge in [-0.15, -0.1) is 16.4 Å². The van der Waals surface area contributed by atoms with Crippen LogP contribution >= 0.6 is 23.1 Å². The number of nitrogens with zero attached hydrogens (tertiary/aromatic N) is 5. The molecule has 2 aromatic heterocycles. The second-order valence-electron chi connectivity index (χ2n) is 6.45. The smallest absolute Gasteiger partial charge is 0.309 e. The summed E-state index contributed by atoms with van der Waals surface area (Å²) in [5.41, 5.74) is 2.71. The molecule has 0 aliphatic rings. The van der Waals surface area contributed by atoms with Gasteiger partial charge < -0.3 is 5.11 Å². The number of benzene rings is 1. The lowest BCUT2D eigenvalue weighted by molar-refractivity contribution is -0.136. The molecule has 2 heterocycles. The number of hydrogen-bond acceptors (Lipinski definition) is 7. The van der Waals surface area contributed by atoms with Crippen molar-refractivity contribution in [1.29, 1.82) is 0 Å². The van der Waals surface area contributed by atoms with E-state index >= 15 is 0 Å². The summed E-state index contributed by atoms with van der Waals surface area (Å²) < 4.78 is 2.36. The van der Waals surface area contributed by atoms with Crippen LogP contribution in [0.5, 0.6) is 0 Å². The van der Waals surface area contributed by atoms with Crippen molar-refractivity contribution >= 4 is 29.1 Å². The van der Waals surface area contributed by atoms with Gasteiger partial charge >= 0.3 is 5.97 Å². The van der Waals surface area contributed by atoms with Gasteiger partial charge in [-0.3, -0.25) is 4.79 Å². The topological polar surface area (TPSA) is 93.8 Å². The van der Waals surface area contributed by atoms with Gasteiger partial charge in [0, 0.05) is 5.38 Å². The van der Waals surface area contributed by atoms with Crippen LogP contribution in [0.2, 0.25) is 0 Å². The van der Waals surface area contributed by atoms with Crippen molar-refractivity contribution in [1.82, 2.24) is 25.2 Å². The molecule has 0 spiro atoms. The molecule has 3 rings (SSSR count). The third-order valence-corrected chi connectivity index (χ3v) is 5.39.